The summed E-state index contributed by atoms with van der Waals surface area (Å²) in [5, 5.41) is 3.71. The molecule has 0 aromatic rings. The van der Waals surface area contributed by atoms with Gasteiger partial charge in [-0.2, -0.15) is 0 Å². The number of nitrogens with zero attached hydrogens (tertiary/aromatic N) is 1. The Balaban J connectivity index is 2.39. The summed E-state index contributed by atoms with van der Waals surface area (Å²) in [5.41, 5.74) is 0. The minimum absolute atomic E-state index is 0.722. The summed E-state index contributed by atoms with van der Waals surface area (Å²) < 4.78 is 0. The van der Waals surface area contributed by atoms with Gasteiger partial charge in [-0.1, -0.05) is 27.2 Å². The van der Waals surface area contributed by atoms with Gasteiger partial charge in [0.15, 0.2) is 0 Å². The van der Waals surface area contributed by atoms with E-state index in [1.165, 1.54) is 45.1 Å². The zero-order valence-corrected chi connectivity index (χ0v) is 13.2. The molecule has 0 saturated heterocycles. The van der Waals surface area contributed by atoms with Crippen LogP contribution in [0.3, 0.4) is 0 Å². The van der Waals surface area contributed by atoms with Crippen molar-refractivity contribution in [3.63, 3.8) is 0 Å². The lowest BCUT2D eigenvalue weighted by Crippen LogP contribution is -2.46. The average Bonchev–Trinajstić information content (AvgIpc) is 2.35. The van der Waals surface area contributed by atoms with Crippen LogP contribution in [0.1, 0.15) is 66.2 Å². The van der Waals surface area contributed by atoms with Crippen molar-refractivity contribution in [3.8, 4) is 0 Å². The molecule has 1 aliphatic rings. The maximum Gasteiger partial charge on any atom is 0.0110 e. The van der Waals surface area contributed by atoms with Gasteiger partial charge in [0.25, 0.3) is 0 Å². The highest BCUT2D eigenvalue weighted by Crippen LogP contribution is 2.25. The molecule has 2 heteroatoms. The van der Waals surface area contributed by atoms with Gasteiger partial charge in [0.1, 0.15) is 0 Å². The fourth-order valence-corrected chi connectivity index (χ4v) is 3.28. The molecule has 108 valence electrons. The second kappa shape index (κ2) is 8.16. The Morgan fingerprint density at radius 1 is 1.22 bits per heavy atom. The van der Waals surface area contributed by atoms with E-state index < -0.39 is 0 Å². The molecule has 0 aromatic carbocycles. The Morgan fingerprint density at radius 2 is 1.94 bits per heavy atom. The van der Waals surface area contributed by atoms with Crippen LogP contribution in [0, 0.1) is 5.92 Å². The van der Waals surface area contributed by atoms with E-state index in [2.05, 4.69) is 45.0 Å². The third-order valence-corrected chi connectivity index (χ3v) is 4.41. The molecule has 3 unspecified atom stereocenters. The molecule has 18 heavy (non-hydrogen) atoms. The quantitative estimate of drug-likeness (QED) is 0.746. The summed E-state index contributed by atoms with van der Waals surface area (Å²) in [6.45, 7) is 10.5. The summed E-state index contributed by atoms with van der Waals surface area (Å²) in [7, 11) is 2.33. The molecule has 1 aliphatic carbocycles. The predicted molar refractivity (Wildman–Crippen MR) is 81.0 cm³/mol. The lowest BCUT2D eigenvalue weighted by Gasteiger charge is -2.39. The van der Waals surface area contributed by atoms with Gasteiger partial charge in [-0.05, 0) is 58.5 Å². The summed E-state index contributed by atoms with van der Waals surface area (Å²) in [5.74, 6) is 0.806. The third kappa shape index (κ3) is 5.27. The summed E-state index contributed by atoms with van der Waals surface area (Å²) in [6.07, 6.45) is 8.08. The van der Waals surface area contributed by atoms with E-state index >= 15 is 0 Å². The first-order valence-corrected chi connectivity index (χ1v) is 7.99. The molecule has 0 aromatic heterocycles. The van der Waals surface area contributed by atoms with E-state index in [1.807, 2.05) is 0 Å². The fraction of sp³-hybridized carbons (Fsp3) is 1.00. The molecule has 1 saturated carbocycles. The first-order chi connectivity index (χ1) is 8.54. The molecule has 0 heterocycles. The van der Waals surface area contributed by atoms with Crippen molar-refractivity contribution >= 4 is 0 Å². The Kier molecular flexibility index (Phi) is 7.25. The molecule has 1 fully saturated rings. The number of nitrogens with one attached hydrogen (secondary N) is 1. The van der Waals surface area contributed by atoms with Crippen molar-refractivity contribution in [2.24, 2.45) is 5.92 Å². The molecule has 1 rings (SSSR count). The lowest BCUT2D eigenvalue weighted by molar-refractivity contribution is 0.119. The highest BCUT2D eigenvalue weighted by Gasteiger charge is 2.26. The van der Waals surface area contributed by atoms with E-state index in [0.717, 1.165) is 24.0 Å². The van der Waals surface area contributed by atoms with Crippen LogP contribution in [0.2, 0.25) is 0 Å². The Labute approximate surface area is 115 Å². The van der Waals surface area contributed by atoms with Crippen LogP contribution in [0.4, 0.5) is 0 Å². The summed E-state index contributed by atoms with van der Waals surface area (Å²) in [6, 6.07) is 2.28. The molecule has 3 atom stereocenters. The standard InChI is InChI=1S/C16H34N2/c1-6-10-17-15-8-7-9-16(12-15)18(5)14(4)11-13(2)3/h13-17H,6-12H2,1-5H3. The fourth-order valence-electron chi connectivity index (χ4n) is 3.28. The van der Waals surface area contributed by atoms with E-state index in [4.69, 9.17) is 0 Å². The van der Waals surface area contributed by atoms with Gasteiger partial charge in [-0.25, -0.2) is 0 Å². The van der Waals surface area contributed by atoms with Crippen molar-refractivity contribution in [1.82, 2.24) is 10.2 Å². The zero-order valence-electron chi connectivity index (χ0n) is 13.2. The van der Waals surface area contributed by atoms with Crippen molar-refractivity contribution in [2.75, 3.05) is 13.6 Å². The monoisotopic (exact) mass is 254 g/mol. The molecule has 0 aliphatic heterocycles. The van der Waals surface area contributed by atoms with Crippen LogP contribution >= 0.6 is 0 Å². The summed E-state index contributed by atoms with van der Waals surface area (Å²) >= 11 is 0. The molecule has 0 radical (unpaired) electrons. The van der Waals surface area contributed by atoms with E-state index in [9.17, 15) is 0 Å². The van der Waals surface area contributed by atoms with Gasteiger partial charge < -0.3 is 10.2 Å². The molecule has 0 amide bonds. The highest BCUT2D eigenvalue weighted by molar-refractivity contribution is 4.84. The van der Waals surface area contributed by atoms with E-state index in [1.54, 1.807) is 0 Å². The van der Waals surface area contributed by atoms with Crippen LogP contribution in [0.25, 0.3) is 0 Å². The number of hydrogen-bond donors (Lipinski definition) is 1. The average molecular weight is 254 g/mol. The van der Waals surface area contributed by atoms with Crippen LogP contribution in [0.5, 0.6) is 0 Å². The van der Waals surface area contributed by atoms with Gasteiger partial charge in [0, 0.05) is 18.1 Å². The Hall–Kier alpha value is -0.0800. The van der Waals surface area contributed by atoms with Crippen LogP contribution in [-0.2, 0) is 0 Å². The molecule has 0 spiro atoms. The molecule has 0 bridgehead atoms. The molecular weight excluding hydrogens is 220 g/mol. The smallest absolute Gasteiger partial charge is 0.0110 e. The van der Waals surface area contributed by atoms with Crippen molar-refractivity contribution in [2.45, 2.75) is 84.3 Å². The Morgan fingerprint density at radius 3 is 2.56 bits per heavy atom. The first-order valence-electron chi connectivity index (χ1n) is 7.99. The van der Waals surface area contributed by atoms with Gasteiger partial charge in [0.05, 0.1) is 0 Å². The Bertz CT molecular complexity index is 215. The summed E-state index contributed by atoms with van der Waals surface area (Å²) in [4.78, 5) is 2.64. The number of hydrogen-bond acceptors (Lipinski definition) is 2. The van der Waals surface area contributed by atoms with Crippen LogP contribution in [-0.4, -0.2) is 36.6 Å². The third-order valence-electron chi connectivity index (χ3n) is 4.41. The van der Waals surface area contributed by atoms with Crippen LogP contribution < -0.4 is 5.32 Å². The van der Waals surface area contributed by atoms with Crippen LogP contribution in [0.15, 0.2) is 0 Å². The van der Waals surface area contributed by atoms with Gasteiger partial charge in [-0.15, -0.1) is 0 Å². The largest absolute Gasteiger partial charge is 0.314 e. The predicted octanol–water partition coefficient (Wildman–Crippen LogP) is 3.66. The molecule has 1 N–H and O–H groups in total. The molecular formula is C16H34N2. The first kappa shape index (κ1) is 16.0. The van der Waals surface area contributed by atoms with Gasteiger partial charge >= 0.3 is 0 Å². The second-order valence-electron chi connectivity index (χ2n) is 6.62. The zero-order chi connectivity index (χ0) is 13.5. The topological polar surface area (TPSA) is 15.3 Å². The van der Waals surface area contributed by atoms with Crippen molar-refractivity contribution in [1.29, 1.82) is 0 Å². The van der Waals surface area contributed by atoms with E-state index in [-0.39, 0.29) is 0 Å². The lowest BCUT2D eigenvalue weighted by atomic mass is 9.88. The van der Waals surface area contributed by atoms with Crippen molar-refractivity contribution < 1.29 is 0 Å². The maximum absolute atomic E-state index is 3.71. The highest BCUT2D eigenvalue weighted by atomic mass is 15.2. The SMILES string of the molecule is CCCNC1CCCC(N(C)C(C)CC(C)C)C1. The minimum Gasteiger partial charge on any atom is -0.314 e. The maximum atomic E-state index is 3.71. The van der Waals surface area contributed by atoms with Crippen molar-refractivity contribution in [3.05, 3.63) is 0 Å². The van der Waals surface area contributed by atoms with Gasteiger partial charge in [-0.3, -0.25) is 0 Å². The van der Waals surface area contributed by atoms with Gasteiger partial charge in [0.2, 0.25) is 0 Å². The second-order valence-corrected chi connectivity index (χ2v) is 6.62. The normalized spacial score (nSPS) is 26.8. The number of rotatable bonds is 7. The molecule has 2 nitrogen and oxygen atoms in total. The minimum atomic E-state index is 0.722. The van der Waals surface area contributed by atoms with E-state index in [0.29, 0.717) is 0 Å².